The van der Waals surface area contributed by atoms with E-state index in [9.17, 15) is 14.4 Å². The van der Waals surface area contributed by atoms with Crippen LogP contribution in [0.1, 0.15) is 84.0 Å². The van der Waals surface area contributed by atoms with Crippen molar-refractivity contribution in [2.24, 2.45) is 11.8 Å². The Labute approximate surface area is 161 Å². The van der Waals surface area contributed by atoms with E-state index in [0.29, 0.717) is 18.8 Å². The summed E-state index contributed by atoms with van der Waals surface area (Å²) in [7, 11) is 0. The molecule has 0 aromatic rings. The SMILES string of the molecule is CCC1CCC(OC(=O)C2(O[C]=O)CCCCC2C(=O)OC2CCCC2)C1. The zero-order valence-electron chi connectivity index (χ0n) is 16.2. The Morgan fingerprint density at radius 3 is 2.37 bits per heavy atom. The van der Waals surface area contributed by atoms with Crippen molar-refractivity contribution in [3.05, 3.63) is 0 Å². The van der Waals surface area contributed by atoms with Crippen molar-refractivity contribution in [2.75, 3.05) is 0 Å². The fraction of sp³-hybridized carbons (Fsp3) is 0.857. The predicted molar refractivity (Wildman–Crippen MR) is 97.3 cm³/mol. The minimum absolute atomic E-state index is 0.0893. The second-order valence-electron chi connectivity index (χ2n) is 8.33. The van der Waals surface area contributed by atoms with Crippen molar-refractivity contribution >= 4 is 18.4 Å². The highest BCUT2D eigenvalue weighted by Gasteiger charge is 2.56. The van der Waals surface area contributed by atoms with Crippen molar-refractivity contribution in [3.8, 4) is 0 Å². The zero-order chi connectivity index (χ0) is 19.3. The smallest absolute Gasteiger partial charge is 0.418 e. The summed E-state index contributed by atoms with van der Waals surface area (Å²) in [6.07, 6.45) is 9.57. The highest BCUT2D eigenvalue weighted by atomic mass is 16.6. The molecule has 6 heteroatoms. The molecule has 3 rings (SSSR count). The van der Waals surface area contributed by atoms with E-state index in [0.717, 1.165) is 57.8 Å². The summed E-state index contributed by atoms with van der Waals surface area (Å²) in [5, 5.41) is 0. The third kappa shape index (κ3) is 4.46. The zero-order valence-corrected chi connectivity index (χ0v) is 16.2. The monoisotopic (exact) mass is 379 g/mol. The standard InChI is InChI=1S/C21H31O6/c1-2-15-10-11-17(13-15)27-20(24)21(25-14-22)12-6-5-9-18(21)19(23)26-16-7-3-4-8-16/h15-18H,2-13H2,1H3. The molecule has 0 aromatic heterocycles. The molecule has 0 spiro atoms. The number of carbonyl (C=O) groups excluding carboxylic acids is 3. The maximum atomic E-state index is 13.1. The maximum absolute atomic E-state index is 13.1. The molecule has 151 valence electrons. The Kier molecular flexibility index (Phi) is 6.77. The van der Waals surface area contributed by atoms with Gasteiger partial charge in [0.1, 0.15) is 18.1 Å². The minimum atomic E-state index is -1.58. The lowest BCUT2D eigenvalue weighted by Gasteiger charge is -2.39. The first-order chi connectivity index (χ1) is 13.1. The molecular formula is C21H31O6. The molecule has 1 radical (unpaired) electrons. The molecule has 3 fully saturated rings. The van der Waals surface area contributed by atoms with Crippen LogP contribution in [0, 0.1) is 11.8 Å². The summed E-state index contributed by atoms with van der Waals surface area (Å²) in [5.74, 6) is -1.27. The quantitative estimate of drug-likeness (QED) is 0.497. The van der Waals surface area contributed by atoms with Gasteiger partial charge in [-0.05, 0) is 70.1 Å². The van der Waals surface area contributed by atoms with Gasteiger partial charge in [-0.1, -0.05) is 19.8 Å². The molecule has 4 unspecified atom stereocenters. The van der Waals surface area contributed by atoms with Gasteiger partial charge in [0.05, 0.1) is 0 Å². The Hall–Kier alpha value is -1.59. The molecule has 0 amide bonds. The minimum Gasteiger partial charge on any atom is -0.462 e. The van der Waals surface area contributed by atoms with E-state index in [1.807, 2.05) is 0 Å². The van der Waals surface area contributed by atoms with Gasteiger partial charge < -0.3 is 14.2 Å². The van der Waals surface area contributed by atoms with Crippen LogP contribution in [0.15, 0.2) is 0 Å². The molecule has 3 aliphatic rings. The summed E-state index contributed by atoms with van der Waals surface area (Å²) in [4.78, 5) is 37.0. The fourth-order valence-electron chi connectivity index (χ4n) is 4.94. The van der Waals surface area contributed by atoms with E-state index in [4.69, 9.17) is 14.2 Å². The number of ether oxygens (including phenoxy) is 3. The van der Waals surface area contributed by atoms with Crippen LogP contribution < -0.4 is 0 Å². The van der Waals surface area contributed by atoms with Gasteiger partial charge >= 0.3 is 18.4 Å². The van der Waals surface area contributed by atoms with E-state index in [1.165, 1.54) is 6.47 Å². The molecule has 0 aromatic carbocycles. The molecule has 0 saturated heterocycles. The lowest BCUT2D eigenvalue weighted by atomic mass is 9.75. The van der Waals surface area contributed by atoms with Crippen molar-refractivity contribution in [3.63, 3.8) is 0 Å². The Bertz CT molecular complexity index is 541. The van der Waals surface area contributed by atoms with Gasteiger partial charge in [-0.15, -0.1) is 0 Å². The van der Waals surface area contributed by atoms with Crippen LogP contribution in [0.2, 0.25) is 0 Å². The van der Waals surface area contributed by atoms with Crippen LogP contribution in [0.3, 0.4) is 0 Å². The molecule has 0 aliphatic heterocycles. The number of carbonyl (C=O) groups is 2. The highest BCUT2D eigenvalue weighted by Crippen LogP contribution is 2.41. The first kappa shape index (κ1) is 20.2. The van der Waals surface area contributed by atoms with Crippen molar-refractivity contribution in [1.82, 2.24) is 0 Å². The summed E-state index contributed by atoms with van der Waals surface area (Å²) in [6, 6.07) is 0. The molecular weight excluding hydrogens is 348 g/mol. The van der Waals surface area contributed by atoms with E-state index < -0.39 is 23.5 Å². The second-order valence-corrected chi connectivity index (χ2v) is 8.33. The van der Waals surface area contributed by atoms with Crippen LogP contribution in [0.5, 0.6) is 0 Å². The molecule has 0 bridgehead atoms. The largest absolute Gasteiger partial charge is 0.462 e. The average Bonchev–Trinajstić information content (AvgIpc) is 3.34. The van der Waals surface area contributed by atoms with Gasteiger partial charge in [0.2, 0.25) is 5.60 Å². The first-order valence-corrected chi connectivity index (χ1v) is 10.6. The third-order valence-electron chi connectivity index (χ3n) is 6.64. The first-order valence-electron chi connectivity index (χ1n) is 10.6. The van der Waals surface area contributed by atoms with Gasteiger partial charge in [0.25, 0.3) is 0 Å². The maximum Gasteiger partial charge on any atom is 0.418 e. The Morgan fingerprint density at radius 2 is 1.70 bits per heavy atom. The topological polar surface area (TPSA) is 78.9 Å². The van der Waals surface area contributed by atoms with Gasteiger partial charge in [0, 0.05) is 0 Å². The summed E-state index contributed by atoms with van der Waals surface area (Å²) in [6.45, 7) is 3.56. The van der Waals surface area contributed by atoms with Gasteiger partial charge in [-0.3, -0.25) is 4.79 Å². The molecule has 3 aliphatic carbocycles. The summed E-state index contributed by atoms with van der Waals surface area (Å²) < 4.78 is 16.6. The lowest BCUT2D eigenvalue weighted by molar-refractivity contribution is -0.189. The molecule has 4 atom stereocenters. The predicted octanol–water partition coefficient (Wildman–Crippen LogP) is 3.61. The molecule has 6 nitrogen and oxygen atoms in total. The van der Waals surface area contributed by atoms with E-state index in [1.54, 1.807) is 0 Å². The number of hydrogen-bond acceptors (Lipinski definition) is 6. The van der Waals surface area contributed by atoms with Gasteiger partial charge in [-0.25, -0.2) is 9.59 Å². The van der Waals surface area contributed by atoms with Gasteiger partial charge in [0.15, 0.2) is 0 Å². The number of rotatable bonds is 7. The van der Waals surface area contributed by atoms with E-state index >= 15 is 0 Å². The highest BCUT2D eigenvalue weighted by molar-refractivity contribution is 5.89. The van der Waals surface area contributed by atoms with Crippen LogP contribution in [0.4, 0.5) is 0 Å². The Balaban J connectivity index is 1.72. The van der Waals surface area contributed by atoms with Gasteiger partial charge in [-0.2, -0.15) is 0 Å². The normalized spacial score (nSPS) is 34.2. The van der Waals surface area contributed by atoms with Crippen LogP contribution in [0.25, 0.3) is 0 Å². The Morgan fingerprint density at radius 1 is 0.963 bits per heavy atom. The third-order valence-corrected chi connectivity index (χ3v) is 6.64. The fourth-order valence-corrected chi connectivity index (χ4v) is 4.94. The molecule has 0 heterocycles. The second kappa shape index (κ2) is 9.07. The summed E-state index contributed by atoms with van der Waals surface area (Å²) >= 11 is 0. The number of esters is 2. The van der Waals surface area contributed by atoms with E-state index in [2.05, 4.69) is 6.92 Å². The van der Waals surface area contributed by atoms with Crippen molar-refractivity contribution in [1.29, 1.82) is 0 Å². The van der Waals surface area contributed by atoms with Crippen LogP contribution in [-0.4, -0.2) is 36.2 Å². The van der Waals surface area contributed by atoms with Crippen molar-refractivity contribution < 1.29 is 28.6 Å². The molecule has 3 saturated carbocycles. The van der Waals surface area contributed by atoms with Crippen LogP contribution in [-0.2, 0) is 28.6 Å². The molecule has 27 heavy (non-hydrogen) atoms. The van der Waals surface area contributed by atoms with E-state index in [-0.39, 0.29) is 18.6 Å². The number of hydrogen-bond donors (Lipinski definition) is 0. The lowest BCUT2D eigenvalue weighted by Crippen LogP contribution is -2.55. The molecule has 0 N–H and O–H groups in total. The summed E-state index contributed by atoms with van der Waals surface area (Å²) in [5.41, 5.74) is -1.58. The van der Waals surface area contributed by atoms with Crippen LogP contribution >= 0.6 is 0 Å². The average molecular weight is 379 g/mol. The van der Waals surface area contributed by atoms with Crippen molar-refractivity contribution in [2.45, 2.75) is 102 Å².